The Balaban J connectivity index is 1.43. The van der Waals surface area contributed by atoms with Crippen LogP contribution in [0.15, 0.2) is 29.6 Å². The van der Waals surface area contributed by atoms with E-state index < -0.39 is 0 Å². The third-order valence-corrected chi connectivity index (χ3v) is 5.25. The van der Waals surface area contributed by atoms with Crippen LogP contribution in [0.25, 0.3) is 0 Å². The van der Waals surface area contributed by atoms with Gasteiger partial charge in [-0.1, -0.05) is 0 Å². The lowest BCUT2D eigenvalue weighted by Crippen LogP contribution is -2.27. The molecule has 0 amide bonds. The van der Waals surface area contributed by atoms with Crippen LogP contribution in [0, 0.1) is 0 Å². The van der Waals surface area contributed by atoms with Crippen molar-refractivity contribution in [2.45, 2.75) is 38.0 Å². The standard InChI is InChI=1S/C19H22N4O3/c1-5-20-19(26-16-3-7-24-8-4-16)17-13(1)9-21-18(17)14-10-22-23(11-14)15-2-6-25-12-15/h1,5,10-11,15-16H,2-4,6-9,12H2/t15-/m1/s1. The van der Waals surface area contributed by atoms with Gasteiger partial charge in [0.25, 0.3) is 0 Å². The van der Waals surface area contributed by atoms with Crippen molar-refractivity contribution in [3.63, 3.8) is 0 Å². The van der Waals surface area contributed by atoms with Crippen molar-refractivity contribution in [2.75, 3.05) is 26.4 Å². The van der Waals surface area contributed by atoms with Crippen LogP contribution in [0.2, 0.25) is 0 Å². The molecule has 2 aromatic heterocycles. The van der Waals surface area contributed by atoms with Gasteiger partial charge in [-0.3, -0.25) is 9.67 Å². The number of hydrogen-bond acceptors (Lipinski definition) is 6. The molecule has 0 saturated carbocycles. The molecule has 7 heteroatoms. The molecular weight excluding hydrogens is 332 g/mol. The molecule has 0 aromatic carbocycles. The minimum absolute atomic E-state index is 0.156. The summed E-state index contributed by atoms with van der Waals surface area (Å²) in [5, 5.41) is 4.54. The van der Waals surface area contributed by atoms with Crippen LogP contribution in [0.5, 0.6) is 5.88 Å². The largest absolute Gasteiger partial charge is 0.474 e. The number of pyridine rings is 1. The van der Waals surface area contributed by atoms with E-state index in [2.05, 4.69) is 16.3 Å². The van der Waals surface area contributed by atoms with Crippen molar-refractivity contribution < 1.29 is 14.2 Å². The molecule has 136 valence electrons. The maximum atomic E-state index is 6.24. The molecule has 3 aliphatic heterocycles. The van der Waals surface area contributed by atoms with Crippen molar-refractivity contribution in [1.82, 2.24) is 14.8 Å². The maximum absolute atomic E-state index is 6.24. The Hall–Kier alpha value is -2.25. The lowest BCUT2D eigenvalue weighted by atomic mass is 10.0. The third kappa shape index (κ3) is 2.91. The monoisotopic (exact) mass is 354 g/mol. The Morgan fingerprint density at radius 2 is 2.00 bits per heavy atom. The van der Waals surface area contributed by atoms with Crippen LogP contribution in [0.3, 0.4) is 0 Å². The van der Waals surface area contributed by atoms with Gasteiger partial charge in [-0.05, 0) is 18.1 Å². The van der Waals surface area contributed by atoms with E-state index in [9.17, 15) is 0 Å². The number of aliphatic imine (C=N–C) groups is 1. The molecule has 0 aliphatic carbocycles. The second-order valence-corrected chi connectivity index (χ2v) is 6.97. The highest BCUT2D eigenvalue weighted by molar-refractivity contribution is 6.16. The highest BCUT2D eigenvalue weighted by Gasteiger charge is 2.27. The predicted octanol–water partition coefficient (Wildman–Crippen LogP) is 2.15. The van der Waals surface area contributed by atoms with Gasteiger partial charge < -0.3 is 14.2 Å². The van der Waals surface area contributed by atoms with E-state index in [0.29, 0.717) is 18.5 Å². The molecule has 3 aliphatic rings. The van der Waals surface area contributed by atoms with E-state index in [-0.39, 0.29) is 6.10 Å². The highest BCUT2D eigenvalue weighted by atomic mass is 16.5. The van der Waals surface area contributed by atoms with Crippen molar-refractivity contribution in [1.29, 1.82) is 0 Å². The summed E-state index contributed by atoms with van der Waals surface area (Å²) in [6.45, 7) is 3.68. The molecule has 5 heterocycles. The third-order valence-electron chi connectivity index (χ3n) is 5.25. The zero-order valence-corrected chi connectivity index (χ0v) is 14.6. The minimum atomic E-state index is 0.156. The predicted molar refractivity (Wildman–Crippen MR) is 94.7 cm³/mol. The van der Waals surface area contributed by atoms with Gasteiger partial charge >= 0.3 is 0 Å². The Morgan fingerprint density at radius 3 is 2.85 bits per heavy atom. The molecule has 0 radical (unpaired) electrons. The number of nitrogens with zero attached hydrogens (tertiary/aromatic N) is 4. The van der Waals surface area contributed by atoms with Gasteiger partial charge in [0.05, 0.1) is 49.9 Å². The highest BCUT2D eigenvalue weighted by Crippen LogP contribution is 2.31. The van der Waals surface area contributed by atoms with Gasteiger partial charge in [-0.25, -0.2) is 4.98 Å². The van der Waals surface area contributed by atoms with E-state index in [1.165, 1.54) is 0 Å². The summed E-state index contributed by atoms with van der Waals surface area (Å²) < 4.78 is 19.1. The molecule has 2 saturated heterocycles. The van der Waals surface area contributed by atoms with E-state index in [1.54, 1.807) is 0 Å². The average molecular weight is 354 g/mol. The molecule has 0 unspecified atom stereocenters. The Labute approximate surface area is 152 Å². The van der Waals surface area contributed by atoms with Crippen molar-refractivity contribution >= 4 is 5.71 Å². The lowest BCUT2D eigenvalue weighted by Gasteiger charge is -2.23. The number of rotatable bonds is 4. The second kappa shape index (κ2) is 6.81. The van der Waals surface area contributed by atoms with Gasteiger partial charge in [-0.2, -0.15) is 5.10 Å². The smallest absolute Gasteiger partial charge is 0.223 e. The minimum Gasteiger partial charge on any atom is -0.474 e. The Kier molecular flexibility index (Phi) is 4.18. The normalized spacial score (nSPS) is 23.1. The van der Waals surface area contributed by atoms with Gasteiger partial charge in [0.15, 0.2) is 0 Å². The van der Waals surface area contributed by atoms with E-state index in [0.717, 1.165) is 68.1 Å². The van der Waals surface area contributed by atoms with Crippen LogP contribution >= 0.6 is 0 Å². The molecule has 0 spiro atoms. The first-order chi connectivity index (χ1) is 12.9. The molecule has 1 atom stereocenters. The van der Waals surface area contributed by atoms with E-state index in [1.807, 2.05) is 23.1 Å². The zero-order chi connectivity index (χ0) is 17.3. The Morgan fingerprint density at radius 1 is 1.12 bits per heavy atom. The van der Waals surface area contributed by atoms with E-state index in [4.69, 9.17) is 19.2 Å². The number of aromatic nitrogens is 3. The fourth-order valence-corrected chi connectivity index (χ4v) is 3.78. The van der Waals surface area contributed by atoms with Gasteiger partial charge in [0, 0.05) is 37.4 Å². The molecule has 0 bridgehead atoms. The SMILES string of the molecule is c1cc2c(c(OC3CCOCC3)n1)C(c1cnn([C@@H]3CCOC3)c1)=NC2. The number of ether oxygens (including phenoxy) is 3. The summed E-state index contributed by atoms with van der Waals surface area (Å²) >= 11 is 0. The lowest BCUT2D eigenvalue weighted by molar-refractivity contribution is 0.0236. The quantitative estimate of drug-likeness (QED) is 0.841. The maximum Gasteiger partial charge on any atom is 0.223 e. The number of hydrogen-bond donors (Lipinski definition) is 0. The summed E-state index contributed by atoms with van der Waals surface area (Å²) in [6.07, 6.45) is 8.72. The molecule has 2 aromatic rings. The average Bonchev–Trinajstić information content (AvgIpc) is 3.42. The first kappa shape index (κ1) is 16.0. The van der Waals surface area contributed by atoms with Crippen molar-refractivity contribution in [2.24, 2.45) is 4.99 Å². The molecule has 0 N–H and O–H groups in total. The zero-order valence-electron chi connectivity index (χ0n) is 14.6. The number of fused-ring (bicyclic) bond motifs is 1. The molecule has 7 nitrogen and oxygen atoms in total. The van der Waals surface area contributed by atoms with Crippen molar-refractivity contribution in [3.05, 3.63) is 41.3 Å². The van der Waals surface area contributed by atoms with Gasteiger partial charge in [-0.15, -0.1) is 0 Å². The summed E-state index contributed by atoms with van der Waals surface area (Å²) in [4.78, 5) is 9.27. The first-order valence-electron chi connectivity index (χ1n) is 9.28. The fraction of sp³-hybridized carbons (Fsp3) is 0.526. The summed E-state index contributed by atoms with van der Waals surface area (Å²) in [5.74, 6) is 0.683. The molecule has 5 rings (SSSR count). The van der Waals surface area contributed by atoms with Crippen LogP contribution in [0.1, 0.15) is 42.0 Å². The second-order valence-electron chi connectivity index (χ2n) is 6.97. The topological polar surface area (TPSA) is 70.8 Å². The van der Waals surface area contributed by atoms with Crippen molar-refractivity contribution in [3.8, 4) is 5.88 Å². The van der Waals surface area contributed by atoms with Gasteiger partial charge in [0.2, 0.25) is 5.88 Å². The molecule has 26 heavy (non-hydrogen) atoms. The van der Waals surface area contributed by atoms with Crippen LogP contribution in [-0.2, 0) is 16.0 Å². The van der Waals surface area contributed by atoms with Crippen LogP contribution in [-0.4, -0.2) is 53.0 Å². The molecule has 2 fully saturated rings. The Bertz CT molecular complexity index is 820. The van der Waals surface area contributed by atoms with Crippen LogP contribution in [0.4, 0.5) is 0 Å². The fourth-order valence-electron chi connectivity index (χ4n) is 3.78. The van der Waals surface area contributed by atoms with Gasteiger partial charge in [0.1, 0.15) is 6.10 Å². The van der Waals surface area contributed by atoms with Crippen LogP contribution < -0.4 is 4.74 Å². The summed E-state index contributed by atoms with van der Waals surface area (Å²) in [5.41, 5.74) is 4.12. The first-order valence-corrected chi connectivity index (χ1v) is 9.28. The summed E-state index contributed by atoms with van der Waals surface area (Å²) in [6, 6.07) is 2.34. The molecular formula is C19H22N4O3. The van der Waals surface area contributed by atoms with E-state index >= 15 is 0 Å². The summed E-state index contributed by atoms with van der Waals surface area (Å²) in [7, 11) is 0.